The van der Waals surface area contributed by atoms with Gasteiger partial charge in [0.05, 0.1) is 24.4 Å². The predicted octanol–water partition coefficient (Wildman–Crippen LogP) is 3.96. The van der Waals surface area contributed by atoms with Crippen LogP contribution in [0.15, 0.2) is 12.3 Å². The van der Waals surface area contributed by atoms with Gasteiger partial charge in [-0.2, -0.15) is 5.10 Å². The number of ether oxygens (including phenoxy) is 2. The van der Waals surface area contributed by atoms with Gasteiger partial charge in [0, 0.05) is 18.7 Å². The van der Waals surface area contributed by atoms with Gasteiger partial charge in [0.2, 0.25) is 0 Å². The Hall–Kier alpha value is -2.00. The Labute approximate surface area is 168 Å². The Morgan fingerprint density at radius 3 is 2.79 bits per heavy atom. The number of hydrogen-bond acceptors (Lipinski definition) is 4. The zero-order chi connectivity index (χ0) is 19.9. The molecule has 1 aliphatic heterocycles. The zero-order valence-corrected chi connectivity index (χ0v) is 17.1. The Balaban J connectivity index is 1.65. The second kappa shape index (κ2) is 9.97. The van der Waals surface area contributed by atoms with Crippen molar-refractivity contribution >= 4 is 6.09 Å². The first-order valence-corrected chi connectivity index (χ1v) is 10.6. The molecular weight excluding hydrogens is 354 g/mol. The van der Waals surface area contributed by atoms with Crippen molar-refractivity contribution in [3.8, 4) is 12.3 Å². The third-order valence-electron chi connectivity index (χ3n) is 6.36. The zero-order valence-electron chi connectivity index (χ0n) is 17.1. The van der Waals surface area contributed by atoms with Crippen molar-refractivity contribution in [2.75, 3.05) is 19.8 Å². The van der Waals surface area contributed by atoms with E-state index in [1.807, 2.05) is 12.3 Å². The van der Waals surface area contributed by atoms with Gasteiger partial charge in [-0.05, 0) is 56.4 Å². The largest absolute Gasteiger partial charge is 0.436 e. The summed E-state index contributed by atoms with van der Waals surface area (Å²) in [4.78, 5) is 14.4. The van der Waals surface area contributed by atoms with E-state index in [1.165, 1.54) is 12.8 Å². The van der Waals surface area contributed by atoms with Crippen LogP contribution in [0.1, 0.15) is 64.0 Å². The molecule has 1 aliphatic carbocycles. The molecule has 154 valence electrons. The summed E-state index contributed by atoms with van der Waals surface area (Å²) in [6.07, 6.45) is 13.6. The van der Waals surface area contributed by atoms with Crippen LogP contribution >= 0.6 is 0 Å². The van der Waals surface area contributed by atoms with E-state index in [0.717, 1.165) is 43.2 Å². The summed E-state index contributed by atoms with van der Waals surface area (Å²) in [5, 5.41) is 7.27. The van der Waals surface area contributed by atoms with Gasteiger partial charge < -0.3 is 14.4 Å². The average molecular weight is 388 g/mol. The van der Waals surface area contributed by atoms with Crippen molar-refractivity contribution in [3.63, 3.8) is 0 Å². The highest BCUT2D eigenvalue weighted by Crippen LogP contribution is 2.35. The number of carbonyl (C=O) groups excluding carboxylic acids is 1. The van der Waals surface area contributed by atoms with Crippen LogP contribution in [0.3, 0.4) is 0 Å². The van der Waals surface area contributed by atoms with E-state index in [4.69, 9.17) is 15.9 Å². The summed E-state index contributed by atoms with van der Waals surface area (Å²) in [6.45, 7) is 5.79. The number of amides is 1. The predicted molar refractivity (Wildman–Crippen MR) is 108 cm³/mol. The number of piperidine rings is 1. The minimum Gasteiger partial charge on any atom is -0.436 e. The van der Waals surface area contributed by atoms with Gasteiger partial charge in [-0.25, -0.2) is 4.79 Å². The number of nitrogens with one attached hydrogen (secondary N) is 1. The van der Waals surface area contributed by atoms with Crippen molar-refractivity contribution in [2.24, 2.45) is 11.8 Å². The molecule has 6 heteroatoms. The molecule has 28 heavy (non-hydrogen) atoms. The topological polar surface area (TPSA) is 67.5 Å². The molecule has 2 fully saturated rings. The smallest absolute Gasteiger partial charge is 0.411 e. The van der Waals surface area contributed by atoms with Crippen LogP contribution in [0.4, 0.5) is 4.79 Å². The average Bonchev–Trinajstić information content (AvgIpc) is 3.25. The van der Waals surface area contributed by atoms with Crippen LogP contribution in [0.5, 0.6) is 0 Å². The highest BCUT2D eigenvalue weighted by atomic mass is 16.6. The van der Waals surface area contributed by atoms with Crippen molar-refractivity contribution in [1.29, 1.82) is 0 Å². The monoisotopic (exact) mass is 387 g/mol. The summed E-state index contributed by atoms with van der Waals surface area (Å²) in [5.41, 5.74) is 0.978. The van der Waals surface area contributed by atoms with E-state index in [-0.39, 0.29) is 30.8 Å². The summed E-state index contributed by atoms with van der Waals surface area (Å²) in [5.74, 6) is 4.06. The van der Waals surface area contributed by atoms with Crippen molar-refractivity contribution < 1.29 is 14.3 Å². The van der Waals surface area contributed by atoms with Gasteiger partial charge in [0.15, 0.2) is 6.61 Å². The molecule has 1 amide bonds. The molecule has 3 rings (SSSR count). The van der Waals surface area contributed by atoms with E-state index in [2.05, 4.69) is 30.0 Å². The van der Waals surface area contributed by atoms with E-state index in [0.29, 0.717) is 13.2 Å². The fourth-order valence-corrected chi connectivity index (χ4v) is 4.66. The standard InChI is InChI=1S/C22H33N3O3/c1-4-14-27-22(26)25-13-5-6-19(20-11-12-23-24-20)21(25)15-28-18-9-7-17(8-10-18)16(2)3/h1,11-12,16-19,21H,5-10,13-15H2,2-3H3,(H,23,24)/t17-,18+,19-,21+/m1/s1. The third-order valence-corrected chi connectivity index (χ3v) is 6.36. The maximum atomic E-state index is 12.6. The normalized spacial score (nSPS) is 28.1. The number of carbonyl (C=O) groups is 1. The van der Waals surface area contributed by atoms with Gasteiger partial charge in [-0.1, -0.05) is 19.8 Å². The first kappa shape index (κ1) is 20.7. The molecule has 2 atom stereocenters. The molecule has 0 spiro atoms. The summed E-state index contributed by atoms with van der Waals surface area (Å²) in [6, 6.07) is 1.91. The number of likely N-dealkylation sites (tertiary alicyclic amines) is 1. The maximum Gasteiger partial charge on any atom is 0.411 e. The van der Waals surface area contributed by atoms with Crippen molar-refractivity contribution in [2.45, 2.75) is 70.4 Å². The lowest BCUT2D eigenvalue weighted by Crippen LogP contribution is -2.50. The van der Waals surface area contributed by atoms with Crippen LogP contribution in [-0.2, 0) is 9.47 Å². The fourth-order valence-electron chi connectivity index (χ4n) is 4.66. The Bertz CT molecular complexity index is 644. The molecule has 1 N–H and O–H groups in total. The number of aromatic amines is 1. The summed E-state index contributed by atoms with van der Waals surface area (Å²) >= 11 is 0. The van der Waals surface area contributed by atoms with Crippen molar-refractivity contribution in [1.82, 2.24) is 15.1 Å². The number of terminal acetylenes is 1. The minimum atomic E-state index is -0.352. The molecule has 1 aromatic heterocycles. The SMILES string of the molecule is C#CCOC(=O)N1CCC[C@H](c2cc[nH]n2)[C@@H]1CO[C@H]1CC[C@@H](C(C)C)CC1. The first-order chi connectivity index (χ1) is 13.6. The van der Waals surface area contributed by atoms with Crippen LogP contribution in [0.2, 0.25) is 0 Å². The second-order valence-electron chi connectivity index (χ2n) is 8.38. The fraction of sp³-hybridized carbons (Fsp3) is 0.727. The van der Waals surface area contributed by atoms with Gasteiger partial charge >= 0.3 is 6.09 Å². The molecule has 0 aromatic carbocycles. The lowest BCUT2D eigenvalue weighted by molar-refractivity contribution is -0.0308. The highest BCUT2D eigenvalue weighted by molar-refractivity contribution is 5.68. The Morgan fingerprint density at radius 2 is 2.14 bits per heavy atom. The number of nitrogens with zero attached hydrogens (tertiary/aromatic N) is 2. The summed E-state index contributed by atoms with van der Waals surface area (Å²) < 4.78 is 11.6. The number of H-pyrrole nitrogens is 1. The number of aromatic nitrogens is 2. The van der Waals surface area contributed by atoms with Crippen LogP contribution in [0, 0.1) is 24.2 Å². The van der Waals surface area contributed by atoms with Crippen LogP contribution < -0.4 is 0 Å². The number of rotatable bonds is 6. The van der Waals surface area contributed by atoms with Gasteiger partial charge in [-0.3, -0.25) is 5.10 Å². The Morgan fingerprint density at radius 1 is 1.36 bits per heavy atom. The molecule has 1 aromatic rings. The molecule has 1 saturated carbocycles. The van der Waals surface area contributed by atoms with Gasteiger partial charge in [0.1, 0.15) is 0 Å². The van der Waals surface area contributed by atoms with Crippen LogP contribution in [0.25, 0.3) is 0 Å². The lowest BCUT2D eigenvalue weighted by atomic mass is 9.80. The van der Waals surface area contributed by atoms with E-state index < -0.39 is 0 Å². The Kier molecular flexibility index (Phi) is 7.38. The minimum absolute atomic E-state index is 0.00476. The van der Waals surface area contributed by atoms with E-state index >= 15 is 0 Å². The van der Waals surface area contributed by atoms with Gasteiger partial charge in [-0.15, -0.1) is 6.42 Å². The second-order valence-corrected chi connectivity index (χ2v) is 8.38. The lowest BCUT2D eigenvalue weighted by Gasteiger charge is -2.41. The summed E-state index contributed by atoms with van der Waals surface area (Å²) in [7, 11) is 0. The molecule has 2 aliphatic rings. The molecule has 1 saturated heterocycles. The van der Waals surface area contributed by atoms with Crippen LogP contribution in [-0.4, -0.2) is 53.1 Å². The first-order valence-electron chi connectivity index (χ1n) is 10.6. The molecule has 0 unspecified atom stereocenters. The maximum absolute atomic E-state index is 12.6. The van der Waals surface area contributed by atoms with E-state index in [1.54, 1.807) is 4.90 Å². The molecular formula is C22H33N3O3. The third kappa shape index (κ3) is 5.08. The molecule has 0 radical (unpaired) electrons. The molecule has 2 heterocycles. The quantitative estimate of drug-likeness (QED) is 0.750. The molecule has 6 nitrogen and oxygen atoms in total. The number of hydrogen-bond donors (Lipinski definition) is 1. The van der Waals surface area contributed by atoms with Gasteiger partial charge in [0.25, 0.3) is 0 Å². The van der Waals surface area contributed by atoms with E-state index in [9.17, 15) is 4.79 Å². The molecule has 0 bridgehead atoms. The highest BCUT2D eigenvalue weighted by Gasteiger charge is 2.38. The van der Waals surface area contributed by atoms with Crippen molar-refractivity contribution in [3.05, 3.63) is 18.0 Å².